The van der Waals surface area contributed by atoms with Gasteiger partial charge in [-0.25, -0.2) is 0 Å². The Morgan fingerprint density at radius 2 is 1.90 bits per heavy atom. The standard InChI is InChI=1S/C16H25N3O2/c1-18(15-6-3-2-4-7-15)13-5-12-17-14-8-10-16(11-9-14)19(20)21/h8-11,15,17H,2-7,12-13H2,1H3. The lowest BCUT2D eigenvalue weighted by Crippen LogP contribution is -2.34. The Labute approximate surface area is 126 Å². The fourth-order valence-electron chi connectivity index (χ4n) is 2.97. The SMILES string of the molecule is CN(CCCNc1ccc([N+](=O)[O-])cc1)C1CCCCC1. The average Bonchev–Trinajstić information content (AvgIpc) is 2.52. The molecule has 1 aliphatic rings. The van der Waals surface area contributed by atoms with E-state index in [4.69, 9.17) is 0 Å². The first-order chi connectivity index (χ1) is 10.2. The van der Waals surface area contributed by atoms with Gasteiger partial charge < -0.3 is 10.2 Å². The van der Waals surface area contributed by atoms with Crippen LogP contribution in [-0.4, -0.2) is 36.0 Å². The van der Waals surface area contributed by atoms with Gasteiger partial charge in [-0.3, -0.25) is 10.1 Å². The number of nitrogens with zero attached hydrogens (tertiary/aromatic N) is 2. The lowest BCUT2D eigenvalue weighted by molar-refractivity contribution is -0.384. The Bertz CT molecular complexity index is 441. The summed E-state index contributed by atoms with van der Waals surface area (Å²) in [6.07, 6.45) is 7.90. The fourth-order valence-corrected chi connectivity index (χ4v) is 2.97. The zero-order valence-corrected chi connectivity index (χ0v) is 12.8. The molecule has 0 saturated heterocycles. The maximum Gasteiger partial charge on any atom is 0.269 e. The number of nitrogens with one attached hydrogen (secondary N) is 1. The number of nitro benzene ring substituents is 1. The topological polar surface area (TPSA) is 58.4 Å². The molecule has 0 unspecified atom stereocenters. The van der Waals surface area contributed by atoms with Crippen molar-refractivity contribution in [3.63, 3.8) is 0 Å². The summed E-state index contributed by atoms with van der Waals surface area (Å²) in [4.78, 5) is 12.7. The Morgan fingerprint density at radius 3 is 2.52 bits per heavy atom. The zero-order chi connectivity index (χ0) is 15.1. The van der Waals surface area contributed by atoms with Crippen LogP contribution in [0, 0.1) is 10.1 Å². The van der Waals surface area contributed by atoms with E-state index in [2.05, 4.69) is 17.3 Å². The van der Waals surface area contributed by atoms with Crippen LogP contribution in [0.2, 0.25) is 0 Å². The molecule has 116 valence electrons. The van der Waals surface area contributed by atoms with Crippen LogP contribution in [0.1, 0.15) is 38.5 Å². The van der Waals surface area contributed by atoms with Crippen LogP contribution >= 0.6 is 0 Å². The molecule has 1 aliphatic carbocycles. The van der Waals surface area contributed by atoms with Crippen molar-refractivity contribution in [2.45, 2.75) is 44.6 Å². The molecule has 0 spiro atoms. The molecule has 0 heterocycles. The molecule has 0 radical (unpaired) electrons. The van der Waals surface area contributed by atoms with Gasteiger partial charge in [0, 0.05) is 30.4 Å². The second-order valence-electron chi connectivity index (χ2n) is 5.86. The van der Waals surface area contributed by atoms with Crippen molar-refractivity contribution in [1.82, 2.24) is 4.90 Å². The minimum atomic E-state index is -0.372. The number of hydrogen-bond donors (Lipinski definition) is 1. The van der Waals surface area contributed by atoms with Crippen molar-refractivity contribution in [2.24, 2.45) is 0 Å². The third kappa shape index (κ3) is 5.01. The van der Waals surface area contributed by atoms with E-state index in [0.29, 0.717) is 0 Å². The summed E-state index contributed by atoms with van der Waals surface area (Å²) in [7, 11) is 2.22. The summed E-state index contributed by atoms with van der Waals surface area (Å²) in [5, 5.41) is 13.9. The second-order valence-corrected chi connectivity index (χ2v) is 5.86. The maximum atomic E-state index is 10.6. The predicted molar refractivity (Wildman–Crippen MR) is 85.7 cm³/mol. The molecule has 0 aliphatic heterocycles. The van der Waals surface area contributed by atoms with Gasteiger partial charge in [0.15, 0.2) is 0 Å². The summed E-state index contributed by atoms with van der Waals surface area (Å²) in [5.41, 5.74) is 1.08. The molecule has 0 atom stereocenters. The van der Waals surface area contributed by atoms with Crippen LogP contribution in [0.4, 0.5) is 11.4 Å². The van der Waals surface area contributed by atoms with Crippen molar-refractivity contribution < 1.29 is 4.92 Å². The van der Waals surface area contributed by atoms with E-state index in [0.717, 1.165) is 31.2 Å². The Kier molecular flexibility index (Phi) is 5.99. The number of rotatable bonds is 7. The first-order valence-electron chi connectivity index (χ1n) is 7.85. The van der Waals surface area contributed by atoms with E-state index >= 15 is 0 Å². The monoisotopic (exact) mass is 291 g/mol. The first kappa shape index (κ1) is 15.8. The highest BCUT2D eigenvalue weighted by atomic mass is 16.6. The maximum absolute atomic E-state index is 10.6. The fraction of sp³-hybridized carbons (Fsp3) is 0.625. The van der Waals surface area contributed by atoms with Gasteiger partial charge >= 0.3 is 0 Å². The van der Waals surface area contributed by atoms with Gasteiger partial charge in [-0.2, -0.15) is 0 Å². The molecule has 2 rings (SSSR count). The van der Waals surface area contributed by atoms with E-state index in [-0.39, 0.29) is 10.6 Å². The van der Waals surface area contributed by atoms with Crippen molar-refractivity contribution in [2.75, 3.05) is 25.5 Å². The highest BCUT2D eigenvalue weighted by Crippen LogP contribution is 2.21. The summed E-state index contributed by atoms with van der Waals surface area (Å²) in [5.74, 6) is 0. The summed E-state index contributed by atoms with van der Waals surface area (Å²) >= 11 is 0. The third-order valence-electron chi connectivity index (χ3n) is 4.29. The number of hydrogen-bond acceptors (Lipinski definition) is 4. The van der Waals surface area contributed by atoms with E-state index in [1.165, 1.54) is 44.2 Å². The predicted octanol–water partition coefficient (Wildman–Crippen LogP) is 3.66. The van der Waals surface area contributed by atoms with E-state index < -0.39 is 0 Å². The largest absolute Gasteiger partial charge is 0.385 e. The molecule has 5 nitrogen and oxygen atoms in total. The normalized spacial score (nSPS) is 16.1. The highest BCUT2D eigenvalue weighted by Gasteiger charge is 2.17. The quantitative estimate of drug-likeness (QED) is 0.473. The molecule has 1 N–H and O–H groups in total. The molecule has 1 aromatic rings. The van der Waals surface area contributed by atoms with Crippen LogP contribution in [0.5, 0.6) is 0 Å². The number of non-ortho nitro benzene ring substituents is 1. The van der Waals surface area contributed by atoms with Crippen LogP contribution in [0.25, 0.3) is 0 Å². The van der Waals surface area contributed by atoms with Crippen molar-refractivity contribution in [1.29, 1.82) is 0 Å². The van der Waals surface area contributed by atoms with Crippen molar-refractivity contribution in [3.05, 3.63) is 34.4 Å². The Balaban J connectivity index is 1.65. The van der Waals surface area contributed by atoms with Gasteiger partial charge in [-0.15, -0.1) is 0 Å². The molecule has 0 amide bonds. The van der Waals surface area contributed by atoms with Crippen molar-refractivity contribution >= 4 is 11.4 Å². The van der Waals surface area contributed by atoms with Gasteiger partial charge in [-0.1, -0.05) is 19.3 Å². The molecule has 0 bridgehead atoms. The lowest BCUT2D eigenvalue weighted by Gasteiger charge is -2.31. The minimum Gasteiger partial charge on any atom is -0.385 e. The van der Waals surface area contributed by atoms with Crippen molar-refractivity contribution in [3.8, 4) is 0 Å². The second kappa shape index (κ2) is 7.98. The Morgan fingerprint density at radius 1 is 1.24 bits per heavy atom. The van der Waals surface area contributed by atoms with Gasteiger partial charge in [-0.05, 0) is 45.0 Å². The van der Waals surface area contributed by atoms with Crippen LogP contribution in [0.15, 0.2) is 24.3 Å². The van der Waals surface area contributed by atoms with E-state index in [9.17, 15) is 10.1 Å². The lowest BCUT2D eigenvalue weighted by atomic mass is 9.94. The summed E-state index contributed by atoms with van der Waals surface area (Å²) in [6, 6.07) is 7.37. The molecular formula is C16H25N3O2. The summed E-state index contributed by atoms with van der Waals surface area (Å²) < 4.78 is 0. The van der Waals surface area contributed by atoms with Crippen LogP contribution in [0.3, 0.4) is 0 Å². The highest BCUT2D eigenvalue weighted by molar-refractivity contribution is 5.48. The molecule has 0 aromatic heterocycles. The Hall–Kier alpha value is -1.62. The molecular weight excluding hydrogens is 266 g/mol. The summed E-state index contributed by atoms with van der Waals surface area (Å²) in [6.45, 7) is 2.00. The number of benzene rings is 1. The minimum absolute atomic E-state index is 0.137. The van der Waals surface area contributed by atoms with Gasteiger partial charge in [0.2, 0.25) is 0 Å². The van der Waals surface area contributed by atoms with Gasteiger partial charge in [0.05, 0.1) is 4.92 Å². The molecule has 1 aromatic carbocycles. The zero-order valence-electron chi connectivity index (χ0n) is 12.8. The number of nitro groups is 1. The molecule has 1 fully saturated rings. The van der Waals surface area contributed by atoms with Crippen LogP contribution in [-0.2, 0) is 0 Å². The molecule has 1 saturated carbocycles. The van der Waals surface area contributed by atoms with Gasteiger partial charge in [0.25, 0.3) is 5.69 Å². The smallest absolute Gasteiger partial charge is 0.269 e. The molecule has 21 heavy (non-hydrogen) atoms. The van der Waals surface area contributed by atoms with Gasteiger partial charge in [0.1, 0.15) is 0 Å². The van der Waals surface area contributed by atoms with E-state index in [1.807, 2.05) is 0 Å². The van der Waals surface area contributed by atoms with E-state index in [1.54, 1.807) is 12.1 Å². The first-order valence-corrected chi connectivity index (χ1v) is 7.85. The van der Waals surface area contributed by atoms with Crippen LogP contribution < -0.4 is 5.32 Å². The third-order valence-corrected chi connectivity index (χ3v) is 4.29. The number of anilines is 1. The average molecular weight is 291 g/mol. The molecule has 5 heteroatoms.